The van der Waals surface area contributed by atoms with E-state index in [1.54, 1.807) is 30.3 Å². The van der Waals surface area contributed by atoms with E-state index in [4.69, 9.17) is 4.74 Å². The number of hydrogen-bond acceptors (Lipinski definition) is 3. The van der Waals surface area contributed by atoms with Gasteiger partial charge in [0.05, 0.1) is 6.61 Å². The number of carbonyl (C=O) groups excluding carboxylic acids is 2. The van der Waals surface area contributed by atoms with Crippen molar-refractivity contribution in [2.24, 2.45) is 0 Å². The van der Waals surface area contributed by atoms with Crippen LogP contribution in [0.5, 0.6) is 5.75 Å². The van der Waals surface area contributed by atoms with Gasteiger partial charge in [-0.1, -0.05) is 18.2 Å². The number of anilines is 2. The third-order valence-electron chi connectivity index (χ3n) is 3.64. The molecule has 2 aromatic rings. The second-order valence-electron chi connectivity index (χ2n) is 6.02. The summed E-state index contributed by atoms with van der Waals surface area (Å²) < 4.78 is 5.64. The fourth-order valence-corrected chi connectivity index (χ4v) is 2.33. The number of ether oxygens (including phenoxy) is 1. The molecular weight excluding hydrogens is 342 g/mol. The quantitative estimate of drug-likeness (QED) is 0.461. The standard InChI is InChI=1S/C21H25N3O3/c1-3-13-22-21(26)24-18-11-9-17(10-12-18)23-20(25)8-5-14-27-19-7-4-6-16(2)15-19/h3-4,6-7,9-12,15H,1,5,8,13-14H2,2H3,(H,23,25)(H2,22,24,26). The Bertz CT molecular complexity index is 772. The number of nitrogens with one attached hydrogen (secondary N) is 3. The van der Waals surface area contributed by atoms with Gasteiger partial charge in [-0.2, -0.15) is 0 Å². The zero-order chi connectivity index (χ0) is 19.5. The van der Waals surface area contributed by atoms with Gasteiger partial charge in [-0.15, -0.1) is 6.58 Å². The lowest BCUT2D eigenvalue weighted by atomic mass is 10.2. The highest BCUT2D eigenvalue weighted by Crippen LogP contribution is 2.15. The molecule has 0 bridgehead atoms. The number of rotatable bonds is 9. The van der Waals surface area contributed by atoms with E-state index in [0.717, 1.165) is 11.3 Å². The first-order chi connectivity index (χ1) is 13.1. The van der Waals surface area contributed by atoms with Crippen LogP contribution in [0.3, 0.4) is 0 Å². The van der Waals surface area contributed by atoms with Crippen molar-refractivity contribution in [3.05, 3.63) is 66.7 Å². The SMILES string of the molecule is C=CCNC(=O)Nc1ccc(NC(=O)CCCOc2cccc(C)c2)cc1. The van der Waals surface area contributed by atoms with Crippen LogP contribution < -0.4 is 20.7 Å². The van der Waals surface area contributed by atoms with E-state index in [2.05, 4.69) is 22.5 Å². The zero-order valence-electron chi connectivity index (χ0n) is 15.5. The van der Waals surface area contributed by atoms with Crippen molar-refractivity contribution in [3.63, 3.8) is 0 Å². The second kappa shape index (κ2) is 10.7. The average molecular weight is 367 g/mol. The predicted octanol–water partition coefficient (Wildman–Crippen LogP) is 4.10. The first kappa shape index (κ1) is 20.0. The summed E-state index contributed by atoms with van der Waals surface area (Å²) in [5.74, 6) is 0.739. The maximum atomic E-state index is 12.0. The Kier molecular flexibility index (Phi) is 7.91. The minimum atomic E-state index is -0.305. The van der Waals surface area contributed by atoms with Crippen LogP contribution in [0, 0.1) is 6.92 Å². The van der Waals surface area contributed by atoms with Crippen LogP contribution in [0.4, 0.5) is 16.2 Å². The van der Waals surface area contributed by atoms with Crippen molar-refractivity contribution < 1.29 is 14.3 Å². The minimum absolute atomic E-state index is 0.0766. The molecule has 0 atom stereocenters. The molecule has 27 heavy (non-hydrogen) atoms. The summed E-state index contributed by atoms with van der Waals surface area (Å²) in [5, 5.41) is 8.14. The highest BCUT2D eigenvalue weighted by atomic mass is 16.5. The molecule has 2 rings (SSSR count). The van der Waals surface area contributed by atoms with Gasteiger partial charge in [-0.3, -0.25) is 4.79 Å². The Hall–Kier alpha value is -3.28. The Balaban J connectivity index is 1.69. The van der Waals surface area contributed by atoms with Gasteiger partial charge < -0.3 is 20.7 Å². The molecule has 0 aliphatic rings. The topological polar surface area (TPSA) is 79.5 Å². The molecule has 0 saturated carbocycles. The van der Waals surface area contributed by atoms with E-state index in [-0.39, 0.29) is 11.9 Å². The van der Waals surface area contributed by atoms with Crippen molar-refractivity contribution >= 4 is 23.3 Å². The van der Waals surface area contributed by atoms with Gasteiger partial charge in [0.2, 0.25) is 5.91 Å². The van der Waals surface area contributed by atoms with E-state index in [1.165, 1.54) is 0 Å². The monoisotopic (exact) mass is 367 g/mol. The highest BCUT2D eigenvalue weighted by molar-refractivity contribution is 5.92. The lowest BCUT2D eigenvalue weighted by molar-refractivity contribution is -0.116. The van der Waals surface area contributed by atoms with Gasteiger partial charge in [-0.05, 0) is 55.3 Å². The first-order valence-electron chi connectivity index (χ1n) is 8.82. The lowest BCUT2D eigenvalue weighted by Crippen LogP contribution is -2.28. The van der Waals surface area contributed by atoms with Gasteiger partial charge in [0.1, 0.15) is 5.75 Å². The number of aryl methyl sites for hydroxylation is 1. The summed E-state index contributed by atoms with van der Waals surface area (Å²) in [4.78, 5) is 23.6. The van der Waals surface area contributed by atoms with Crippen LogP contribution in [0.25, 0.3) is 0 Å². The summed E-state index contributed by atoms with van der Waals surface area (Å²) in [6, 6.07) is 14.4. The number of benzene rings is 2. The third kappa shape index (κ3) is 7.64. The molecule has 0 heterocycles. The van der Waals surface area contributed by atoms with Crippen molar-refractivity contribution in [2.45, 2.75) is 19.8 Å². The van der Waals surface area contributed by atoms with Crippen LogP contribution in [0.1, 0.15) is 18.4 Å². The van der Waals surface area contributed by atoms with Gasteiger partial charge in [0.15, 0.2) is 0 Å². The first-order valence-corrected chi connectivity index (χ1v) is 8.82. The van der Waals surface area contributed by atoms with Crippen molar-refractivity contribution in [1.82, 2.24) is 5.32 Å². The van der Waals surface area contributed by atoms with Gasteiger partial charge in [0.25, 0.3) is 0 Å². The Labute approximate surface area is 159 Å². The van der Waals surface area contributed by atoms with E-state index in [0.29, 0.717) is 37.4 Å². The molecule has 0 unspecified atom stereocenters. The lowest BCUT2D eigenvalue weighted by Gasteiger charge is -2.09. The van der Waals surface area contributed by atoms with Gasteiger partial charge in [0, 0.05) is 24.3 Å². The zero-order valence-corrected chi connectivity index (χ0v) is 15.5. The fourth-order valence-electron chi connectivity index (χ4n) is 2.33. The Morgan fingerprint density at radius 2 is 1.78 bits per heavy atom. The van der Waals surface area contributed by atoms with Crippen LogP contribution in [-0.4, -0.2) is 25.1 Å². The largest absolute Gasteiger partial charge is 0.494 e. The number of hydrogen-bond donors (Lipinski definition) is 3. The summed E-state index contributed by atoms with van der Waals surface area (Å²) >= 11 is 0. The van der Waals surface area contributed by atoms with E-state index >= 15 is 0 Å². The van der Waals surface area contributed by atoms with Crippen molar-refractivity contribution in [2.75, 3.05) is 23.8 Å². The molecule has 0 spiro atoms. The maximum absolute atomic E-state index is 12.0. The van der Waals surface area contributed by atoms with E-state index < -0.39 is 0 Å². The predicted molar refractivity (Wildman–Crippen MR) is 108 cm³/mol. The second-order valence-corrected chi connectivity index (χ2v) is 6.02. The maximum Gasteiger partial charge on any atom is 0.319 e. The molecule has 0 aliphatic carbocycles. The van der Waals surface area contributed by atoms with E-state index in [1.807, 2.05) is 31.2 Å². The molecule has 142 valence electrons. The number of urea groups is 1. The molecule has 0 aromatic heterocycles. The number of amides is 3. The molecule has 0 aliphatic heterocycles. The average Bonchev–Trinajstić information content (AvgIpc) is 2.65. The van der Waals surface area contributed by atoms with Crippen LogP contribution in [-0.2, 0) is 4.79 Å². The third-order valence-corrected chi connectivity index (χ3v) is 3.64. The van der Waals surface area contributed by atoms with Crippen molar-refractivity contribution in [1.29, 1.82) is 0 Å². The molecule has 3 amide bonds. The van der Waals surface area contributed by atoms with Gasteiger partial charge >= 0.3 is 6.03 Å². The molecule has 0 fully saturated rings. The Morgan fingerprint density at radius 1 is 1.07 bits per heavy atom. The molecule has 3 N–H and O–H groups in total. The molecule has 2 aromatic carbocycles. The summed E-state index contributed by atoms with van der Waals surface area (Å²) in [5.41, 5.74) is 2.46. The summed E-state index contributed by atoms with van der Waals surface area (Å²) in [7, 11) is 0. The van der Waals surface area contributed by atoms with Crippen LogP contribution in [0.15, 0.2) is 61.2 Å². The van der Waals surface area contributed by atoms with Gasteiger partial charge in [-0.25, -0.2) is 4.79 Å². The van der Waals surface area contributed by atoms with Crippen molar-refractivity contribution in [3.8, 4) is 5.75 Å². The molecule has 0 radical (unpaired) electrons. The fraction of sp³-hybridized carbons (Fsp3) is 0.238. The Morgan fingerprint density at radius 3 is 2.44 bits per heavy atom. The van der Waals surface area contributed by atoms with Crippen LogP contribution >= 0.6 is 0 Å². The van der Waals surface area contributed by atoms with E-state index in [9.17, 15) is 9.59 Å². The summed E-state index contributed by atoms with van der Waals surface area (Å²) in [6.07, 6.45) is 2.60. The molecule has 6 nitrogen and oxygen atoms in total. The normalized spacial score (nSPS) is 9.96. The highest BCUT2D eigenvalue weighted by Gasteiger charge is 2.04. The summed E-state index contributed by atoms with van der Waals surface area (Å²) in [6.45, 7) is 6.42. The smallest absolute Gasteiger partial charge is 0.319 e. The number of carbonyl (C=O) groups is 2. The molecule has 6 heteroatoms. The minimum Gasteiger partial charge on any atom is -0.494 e. The molecular formula is C21H25N3O3. The molecule has 0 saturated heterocycles. The van der Waals surface area contributed by atoms with Crippen LogP contribution in [0.2, 0.25) is 0 Å².